The number of rotatable bonds is 6. The third-order valence-electron chi connectivity index (χ3n) is 3.70. The van der Waals surface area contributed by atoms with E-state index >= 15 is 0 Å². The van der Waals surface area contributed by atoms with Crippen molar-refractivity contribution < 1.29 is 38.4 Å². The van der Waals surface area contributed by atoms with Gasteiger partial charge in [-0.3, -0.25) is 14.4 Å². The van der Waals surface area contributed by atoms with Crippen LogP contribution in [0.1, 0.15) is 24.2 Å². The van der Waals surface area contributed by atoms with E-state index < -0.39 is 48.4 Å². The lowest BCUT2D eigenvalue weighted by atomic mass is 9.98. The Morgan fingerprint density at radius 3 is 2.16 bits per heavy atom. The Labute approximate surface area is 144 Å². The van der Waals surface area contributed by atoms with Gasteiger partial charge in [-0.15, -0.1) is 0 Å². The second kappa shape index (κ2) is 8.19. The van der Waals surface area contributed by atoms with E-state index in [1.807, 2.05) is 0 Å². The van der Waals surface area contributed by atoms with E-state index in [1.165, 1.54) is 14.0 Å². The molecule has 1 aliphatic heterocycles. The highest BCUT2D eigenvalue weighted by Crippen LogP contribution is 2.30. The van der Waals surface area contributed by atoms with E-state index in [-0.39, 0.29) is 5.56 Å². The molecule has 0 bridgehead atoms. The summed E-state index contributed by atoms with van der Waals surface area (Å²) in [6.45, 7) is 2.34. The fourth-order valence-electron chi connectivity index (χ4n) is 2.67. The highest BCUT2D eigenvalue weighted by molar-refractivity contribution is 5.99. The summed E-state index contributed by atoms with van der Waals surface area (Å²) in [7, 11) is 1.31. The summed E-state index contributed by atoms with van der Waals surface area (Å²) in [5.41, 5.74) is 0.286. The predicted molar refractivity (Wildman–Crippen MR) is 83.6 cm³/mol. The minimum atomic E-state index is -1.59. The number of Topliss-reactive ketones (excluding diaryl/α,β-unsaturated/α-hetero) is 1. The Bertz CT molecular complexity index is 629. The summed E-state index contributed by atoms with van der Waals surface area (Å²) in [6.07, 6.45) is -6.14. The maximum absolute atomic E-state index is 12.4. The van der Waals surface area contributed by atoms with E-state index in [4.69, 9.17) is 18.9 Å². The highest BCUT2D eigenvalue weighted by atomic mass is 16.7. The highest BCUT2D eigenvalue weighted by Gasteiger charge is 2.53. The molecule has 8 heteroatoms. The van der Waals surface area contributed by atoms with Gasteiger partial charge in [0.2, 0.25) is 6.29 Å². The van der Waals surface area contributed by atoms with Gasteiger partial charge in [0.15, 0.2) is 11.9 Å². The van der Waals surface area contributed by atoms with Crippen molar-refractivity contribution in [2.24, 2.45) is 0 Å². The summed E-state index contributed by atoms with van der Waals surface area (Å²) >= 11 is 0. The minimum absolute atomic E-state index is 0.286. The van der Waals surface area contributed by atoms with Gasteiger partial charge in [0.25, 0.3) is 0 Å². The van der Waals surface area contributed by atoms with Crippen LogP contribution in [0, 0.1) is 0 Å². The van der Waals surface area contributed by atoms with Crippen LogP contribution in [0.3, 0.4) is 0 Å². The zero-order valence-corrected chi connectivity index (χ0v) is 14.1. The van der Waals surface area contributed by atoms with Gasteiger partial charge in [-0.1, -0.05) is 30.3 Å². The first-order chi connectivity index (χ1) is 11.8. The first kappa shape index (κ1) is 19.0. The molecule has 2 rings (SSSR count). The fourth-order valence-corrected chi connectivity index (χ4v) is 2.67. The molecule has 0 saturated carbocycles. The number of ketones is 1. The molecule has 1 aliphatic rings. The van der Waals surface area contributed by atoms with Crippen LogP contribution in [0.2, 0.25) is 0 Å². The van der Waals surface area contributed by atoms with Crippen molar-refractivity contribution in [2.45, 2.75) is 44.6 Å². The van der Waals surface area contributed by atoms with E-state index in [2.05, 4.69) is 0 Å². The molecule has 1 aromatic rings. The molecule has 0 amide bonds. The van der Waals surface area contributed by atoms with Crippen LogP contribution in [-0.4, -0.2) is 60.6 Å². The molecule has 136 valence electrons. The molecule has 1 aromatic carbocycles. The Balaban J connectivity index is 2.24. The molecular weight excluding hydrogens is 332 g/mol. The molecule has 1 fully saturated rings. The van der Waals surface area contributed by atoms with E-state index in [0.29, 0.717) is 0 Å². The normalized spacial score (nSPS) is 26.7. The first-order valence-corrected chi connectivity index (χ1v) is 7.65. The third-order valence-corrected chi connectivity index (χ3v) is 3.70. The summed E-state index contributed by atoms with van der Waals surface area (Å²) in [5, 5.41) is 10.4. The number of benzene rings is 1. The largest absolute Gasteiger partial charge is 0.453 e. The monoisotopic (exact) mass is 352 g/mol. The Morgan fingerprint density at radius 2 is 1.64 bits per heavy atom. The molecule has 1 N–H and O–H groups in total. The number of carbonyl (C=O) groups is 3. The van der Waals surface area contributed by atoms with Crippen molar-refractivity contribution in [3.05, 3.63) is 35.9 Å². The van der Waals surface area contributed by atoms with Crippen molar-refractivity contribution in [2.75, 3.05) is 7.11 Å². The molecule has 5 atom stereocenters. The average molecular weight is 352 g/mol. The second-order valence-corrected chi connectivity index (χ2v) is 5.53. The number of aliphatic hydroxyl groups excluding tert-OH is 1. The second-order valence-electron chi connectivity index (χ2n) is 5.53. The van der Waals surface area contributed by atoms with Crippen LogP contribution in [0.25, 0.3) is 0 Å². The summed E-state index contributed by atoms with van der Waals surface area (Å²) in [6, 6.07) is 8.16. The van der Waals surface area contributed by atoms with Crippen molar-refractivity contribution in [1.82, 2.24) is 0 Å². The van der Waals surface area contributed by atoms with Crippen molar-refractivity contribution >= 4 is 17.7 Å². The Morgan fingerprint density at radius 1 is 1.04 bits per heavy atom. The molecule has 1 saturated heterocycles. The number of methoxy groups -OCH3 is 1. The molecule has 0 aromatic heterocycles. The van der Waals surface area contributed by atoms with Gasteiger partial charge in [-0.2, -0.15) is 0 Å². The van der Waals surface area contributed by atoms with Gasteiger partial charge >= 0.3 is 11.9 Å². The SMILES string of the molecule is CO[C@@H]1[C@@H](C(O)C(=O)c2ccccc2)OC(OC(C)=O)[C@@H]1OC(C)=O. The van der Waals surface area contributed by atoms with Gasteiger partial charge < -0.3 is 24.1 Å². The van der Waals surface area contributed by atoms with Crippen LogP contribution >= 0.6 is 0 Å². The van der Waals surface area contributed by atoms with E-state index in [9.17, 15) is 19.5 Å². The maximum atomic E-state index is 12.4. The standard InChI is InChI=1S/C17H20O8/c1-9(18)23-16-15(22-3)14(25-17(16)24-10(2)19)13(21)12(20)11-7-5-4-6-8-11/h4-8,13-17,21H,1-3H3/t13?,14-,15-,16-,17?/m1/s1. The molecule has 0 aliphatic carbocycles. The number of carbonyl (C=O) groups excluding carboxylic acids is 3. The molecule has 8 nitrogen and oxygen atoms in total. The van der Waals surface area contributed by atoms with Crippen LogP contribution in [-0.2, 0) is 28.5 Å². The van der Waals surface area contributed by atoms with Crippen LogP contribution in [0.5, 0.6) is 0 Å². The maximum Gasteiger partial charge on any atom is 0.305 e. The fraction of sp³-hybridized carbons (Fsp3) is 0.471. The predicted octanol–water partition coefficient (Wildman–Crippen LogP) is 0.465. The van der Waals surface area contributed by atoms with Crippen molar-refractivity contribution in [1.29, 1.82) is 0 Å². The van der Waals surface area contributed by atoms with Crippen molar-refractivity contribution in [3.8, 4) is 0 Å². The third kappa shape index (κ3) is 4.41. The average Bonchev–Trinajstić information content (AvgIpc) is 2.90. The quantitative estimate of drug-likeness (QED) is 0.581. The van der Waals surface area contributed by atoms with E-state index in [1.54, 1.807) is 30.3 Å². The Hall–Kier alpha value is -2.29. The molecule has 0 radical (unpaired) electrons. The van der Waals surface area contributed by atoms with Gasteiger partial charge in [0.05, 0.1) is 0 Å². The van der Waals surface area contributed by atoms with Crippen LogP contribution in [0.15, 0.2) is 30.3 Å². The number of aliphatic hydroxyl groups is 1. The number of ether oxygens (including phenoxy) is 4. The lowest BCUT2D eigenvalue weighted by Crippen LogP contribution is -2.45. The van der Waals surface area contributed by atoms with Gasteiger partial charge in [-0.25, -0.2) is 0 Å². The molecule has 0 spiro atoms. The molecule has 2 unspecified atom stereocenters. The van der Waals surface area contributed by atoms with Gasteiger partial charge in [0, 0.05) is 26.5 Å². The topological polar surface area (TPSA) is 108 Å². The summed E-state index contributed by atoms with van der Waals surface area (Å²) in [4.78, 5) is 35.0. The molecule has 1 heterocycles. The number of hydrogen-bond donors (Lipinski definition) is 1. The van der Waals surface area contributed by atoms with Crippen LogP contribution in [0.4, 0.5) is 0 Å². The lowest BCUT2D eigenvalue weighted by Gasteiger charge is -2.23. The zero-order valence-electron chi connectivity index (χ0n) is 14.1. The number of esters is 2. The summed E-state index contributed by atoms with van der Waals surface area (Å²) in [5.74, 6) is -1.89. The van der Waals surface area contributed by atoms with Gasteiger partial charge in [-0.05, 0) is 0 Å². The van der Waals surface area contributed by atoms with Gasteiger partial charge in [0.1, 0.15) is 18.3 Å². The van der Waals surface area contributed by atoms with Crippen molar-refractivity contribution in [3.63, 3.8) is 0 Å². The van der Waals surface area contributed by atoms with E-state index in [0.717, 1.165) is 6.92 Å². The minimum Gasteiger partial charge on any atom is -0.453 e. The summed E-state index contributed by atoms with van der Waals surface area (Å²) < 4.78 is 20.8. The lowest BCUT2D eigenvalue weighted by molar-refractivity contribution is -0.197. The Kier molecular flexibility index (Phi) is 6.24. The molecule has 25 heavy (non-hydrogen) atoms. The molecular formula is C17H20O8. The first-order valence-electron chi connectivity index (χ1n) is 7.65. The van der Waals surface area contributed by atoms with Crippen LogP contribution < -0.4 is 0 Å². The zero-order chi connectivity index (χ0) is 18.6. The number of hydrogen-bond acceptors (Lipinski definition) is 8. The smallest absolute Gasteiger partial charge is 0.305 e.